The molecule has 1 amide bonds. The van der Waals surface area contributed by atoms with Crippen molar-refractivity contribution in [3.63, 3.8) is 0 Å². The molecule has 1 aliphatic heterocycles. The number of anilines is 2. The van der Waals surface area contributed by atoms with Gasteiger partial charge in [-0.15, -0.1) is 10.2 Å². The van der Waals surface area contributed by atoms with E-state index >= 15 is 0 Å². The van der Waals surface area contributed by atoms with E-state index in [1.165, 1.54) is 55.3 Å². The van der Waals surface area contributed by atoms with Crippen LogP contribution in [0.4, 0.5) is 15.8 Å². The molecule has 2 aromatic carbocycles. The van der Waals surface area contributed by atoms with Crippen LogP contribution in [-0.2, 0) is 11.8 Å². The lowest BCUT2D eigenvalue weighted by Crippen LogP contribution is -2.23. The number of amides is 1. The fourth-order valence-corrected chi connectivity index (χ4v) is 4.41. The van der Waals surface area contributed by atoms with Gasteiger partial charge in [0.25, 0.3) is 0 Å². The number of rotatable bonds is 6. The molecule has 4 rings (SSSR count). The van der Waals surface area contributed by atoms with E-state index in [1.54, 1.807) is 16.7 Å². The summed E-state index contributed by atoms with van der Waals surface area (Å²) >= 11 is 1.32. The molecule has 0 spiro atoms. The van der Waals surface area contributed by atoms with Crippen LogP contribution < -0.4 is 10.2 Å². The topological polar surface area (TPSA) is 63.1 Å². The number of hydrogen-bond donors (Lipinski definition) is 1. The van der Waals surface area contributed by atoms with Gasteiger partial charge in [0.05, 0.1) is 5.75 Å². The van der Waals surface area contributed by atoms with Gasteiger partial charge in [-0.3, -0.25) is 4.79 Å². The van der Waals surface area contributed by atoms with Crippen LogP contribution in [-0.4, -0.2) is 39.5 Å². The molecule has 0 radical (unpaired) electrons. The van der Waals surface area contributed by atoms with E-state index in [0.29, 0.717) is 11.0 Å². The average molecular weight is 440 g/mol. The Morgan fingerprint density at radius 3 is 2.35 bits per heavy atom. The van der Waals surface area contributed by atoms with Crippen molar-refractivity contribution < 1.29 is 9.18 Å². The van der Waals surface area contributed by atoms with Crippen LogP contribution in [0.2, 0.25) is 0 Å². The monoisotopic (exact) mass is 439 g/mol. The average Bonchev–Trinajstić information content (AvgIpc) is 2.97. The van der Waals surface area contributed by atoms with Crippen molar-refractivity contribution in [3.05, 3.63) is 54.3 Å². The van der Waals surface area contributed by atoms with Crippen LogP contribution in [0, 0.1) is 5.82 Å². The van der Waals surface area contributed by atoms with Crippen LogP contribution in [0.25, 0.3) is 11.4 Å². The first kappa shape index (κ1) is 21.4. The molecule has 0 atom stereocenters. The predicted octanol–water partition coefficient (Wildman–Crippen LogP) is 4.73. The molecule has 1 N–H and O–H groups in total. The van der Waals surface area contributed by atoms with E-state index < -0.39 is 0 Å². The highest BCUT2D eigenvalue weighted by Crippen LogP contribution is 2.24. The Kier molecular flexibility index (Phi) is 6.86. The maximum atomic E-state index is 13.1. The smallest absolute Gasteiger partial charge is 0.234 e. The minimum Gasteiger partial charge on any atom is -0.372 e. The van der Waals surface area contributed by atoms with Gasteiger partial charge in [0.1, 0.15) is 5.82 Å². The second-order valence-electron chi connectivity index (χ2n) is 7.66. The largest absolute Gasteiger partial charge is 0.372 e. The van der Waals surface area contributed by atoms with Gasteiger partial charge in [-0.25, -0.2) is 4.39 Å². The molecular formula is C23H26FN5OS. The summed E-state index contributed by atoms with van der Waals surface area (Å²) < 4.78 is 14.9. The van der Waals surface area contributed by atoms with Crippen molar-refractivity contribution in [1.29, 1.82) is 0 Å². The molecule has 162 valence electrons. The molecule has 2 heterocycles. The fourth-order valence-electron chi connectivity index (χ4n) is 3.70. The number of nitrogens with one attached hydrogen (secondary N) is 1. The molecule has 1 aromatic heterocycles. The number of carbonyl (C=O) groups excluding carboxylic acids is 1. The molecule has 1 saturated heterocycles. The third-order valence-corrected chi connectivity index (χ3v) is 6.41. The lowest BCUT2D eigenvalue weighted by Gasteiger charge is -2.22. The highest BCUT2D eigenvalue weighted by Gasteiger charge is 2.14. The van der Waals surface area contributed by atoms with Crippen LogP contribution in [0.15, 0.2) is 53.7 Å². The lowest BCUT2D eigenvalue weighted by atomic mass is 10.2. The van der Waals surface area contributed by atoms with Gasteiger partial charge >= 0.3 is 0 Å². The number of nitrogens with zero attached hydrogens (tertiary/aromatic N) is 4. The molecule has 31 heavy (non-hydrogen) atoms. The maximum absolute atomic E-state index is 13.1. The minimum atomic E-state index is -0.295. The summed E-state index contributed by atoms with van der Waals surface area (Å²) in [5, 5.41) is 11.9. The van der Waals surface area contributed by atoms with E-state index in [2.05, 4.69) is 32.5 Å². The van der Waals surface area contributed by atoms with Crippen molar-refractivity contribution in [2.24, 2.45) is 7.05 Å². The highest BCUT2D eigenvalue weighted by molar-refractivity contribution is 7.99. The molecule has 1 aliphatic rings. The number of halogens is 1. The third kappa shape index (κ3) is 5.44. The van der Waals surface area contributed by atoms with Gasteiger partial charge in [0.15, 0.2) is 11.0 Å². The van der Waals surface area contributed by atoms with Crippen molar-refractivity contribution in [1.82, 2.24) is 14.8 Å². The van der Waals surface area contributed by atoms with E-state index in [1.807, 2.05) is 19.2 Å². The van der Waals surface area contributed by atoms with E-state index in [0.717, 1.165) is 24.3 Å². The summed E-state index contributed by atoms with van der Waals surface area (Å²) in [6.45, 7) is 2.19. The highest BCUT2D eigenvalue weighted by atomic mass is 32.2. The van der Waals surface area contributed by atoms with Crippen molar-refractivity contribution in [2.75, 3.05) is 29.1 Å². The fraction of sp³-hybridized carbons (Fsp3) is 0.348. The first-order valence-corrected chi connectivity index (χ1v) is 11.5. The van der Waals surface area contributed by atoms with Gasteiger partial charge in [-0.2, -0.15) is 0 Å². The summed E-state index contributed by atoms with van der Waals surface area (Å²) in [7, 11) is 1.83. The van der Waals surface area contributed by atoms with E-state index in [4.69, 9.17) is 0 Å². The van der Waals surface area contributed by atoms with Gasteiger partial charge in [-0.05, 0) is 61.4 Å². The molecule has 6 nitrogen and oxygen atoms in total. The SMILES string of the molecule is Cn1c(SCC(=O)Nc2ccc(N3CCCCCC3)cc2)nnc1-c1ccc(F)cc1. The van der Waals surface area contributed by atoms with Crippen molar-refractivity contribution in [2.45, 2.75) is 30.8 Å². The van der Waals surface area contributed by atoms with Crippen LogP contribution in [0.5, 0.6) is 0 Å². The Morgan fingerprint density at radius 1 is 1.00 bits per heavy atom. The second-order valence-corrected chi connectivity index (χ2v) is 8.60. The summed E-state index contributed by atoms with van der Waals surface area (Å²) in [6, 6.07) is 14.2. The third-order valence-electron chi connectivity index (χ3n) is 5.39. The van der Waals surface area contributed by atoms with Crippen LogP contribution in [0.1, 0.15) is 25.7 Å². The minimum absolute atomic E-state index is 0.0983. The molecule has 0 aliphatic carbocycles. The van der Waals surface area contributed by atoms with Crippen LogP contribution >= 0.6 is 11.8 Å². The second kappa shape index (κ2) is 9.96. The van der Waals surface area contributed by atoms with Gasteiger partial charge in [0, 0.05) is 37.1 Å². The summed E-state index contributed by atoms with van der Waals surface area (Å²) in [4.78, 5) is 14.8. The molecular weight excluding hydrogens is 413 g/mol. The summed E-state index contributed by atoms with van der Waals surface area (Å²) in [5.41, 5.74) is 2.77. The van der Waals surface area contributed by atoms with Crippen molar-refractivity contribution >= 4 is 29.0 Å². The zero-order chi connectivity index (χ0) is 21.6. The molecule has 0 unspecified atom stereocenters. The quantitative estimate of drug-likeness (QED) is 0.563. The predicted molar refractivity (Wildman–Crippen MR) is 123 cm³/mol. The number of hydrogen-bond acceptors (Lipinski definition) is 5. The first-order valence-electron chi connectivity index (χ1n) is 10.5. The van der Waals surface area contributed by atoms with Gasteiger partial charge in [-0.1, -0.05) is 24.6 Å². The first-order chi connectivity index (χ1) is 15.1. The zero-order valence-electron chi connectivity index (χ0n) is 17.6. The molecule has 0 bridgehead atoms. The van der Waals surface area contributed by atoms with Gasteiger partial charge in [0.2, 0.25) is 5.91 Å². The number of benzene rings is 2. The lowest BCUT2D eigenvalue weighted by molar-refractivity contribution is -0.113. The molecule has 1 fully saturated rings. The molecule has 8 heteroatoms. The Labute approximate surface area is 185 Å². The van der Waals surface area contributed by atoms with E-state index in [-0.39, 0.29) is 17.5 Å². The number of aromatic nitrogens is 3. The Hall–Kier alpha value is -2.87. The summed E-state index contributed by atoms with van der Waals surface area (Å²) in [6.07, 6.45) is 5.08. The standard InChI is InChI=1S/C23H26FN5OS/c1-28-22(17-6-8-18(24)9-7-17)26-27-23(28)31-16-21(30)25-19-10-12-20(13-11-19)29-14-4-2-3-5-15-29/h6-13H,2-5,14-16H2,1H3,(H,25,30). The van der Waals surface area contributed by atoms with Crippen LogP contribution in [0.3, 0.4) is 0 Å². The zero-order valence-corrected chi connectivity index (χ0v) is 18.4. The normalized spacial score (nSPS) is 14.3. The van der Waals surface area contributed by atoms with Gasteiger partial charge < -0.3 is 14.8 Å². The molecule has 0 saturated carbocycles. The van der Waals surface area contributed by atoms with Crippen molar-refractivity contribution in [3.8, 4) is 11.4 Å². The van der Waals surface area contributed by atoms with E-state index in [9.17, 15) is 9.18 Å². The Morgan fingerprint density at radius 2 is 1.68 bits per heavy atom. The number of thioether (sulfide) groups is 1. The Balaban J connectivity index is 1.32. The molecule has 3 aromatic rings. The Bertz CT molecular complexity index is 1010. The number of carbonyl (C=O) groups is 1. The summed E-state index contributed by atoms with van der Waals surface area (Å²) in [5.74, 6) is 0.464. The maximum Gasteiger partial charge on any atom is 0.234 e.